The maximum atomic E-state index is 10.2. The van der Waals surface area contributed by atoms with Crippen molar-refractivity contribution in [1.29, 1.82) is 0 Å². The monoisotopic (exact) mass is 206 g/mol. The van der Waals surface area contributed by atoms with Crippen LogP contribution >= 0.6 is 11.8 Å². The zero-order chi connectivity index (χ0) is 10.3. The Hall–Kier alpha value is -0.220. The number of hydrogen-bond acceptors (Lipinski definition) is 3. The topological polar surface area (TPSA) is 57.5 Å². The molecule has 0 saturated heterocycles. The lowest BCUT2D eigenvalue weighted by molar-refractivity contribution is -0.138. The first-order valence-corrected chi connectivity index (χ1v) is 5.65. The molecule has 0 aliphatic rings. The van der Waals surface area contributed by atoms with E-state index in [4.69, 9.17) is 5.11 Å². The Morgan fingerprint density at radius 3 is 2.54 bits per heavy atom. The smallest absolute Gasteiger partial charge is 0.306 e. The number of hydrogen-bond donors (Lipinski definition) is 2. The van der Waals surface area contributed by atoms with Crippen LogP contribution in [0.1, 0.15) is 26.7 Å². The van der Waals surface area contributed by atoms with Crippen LogP contribution in [-0.4, -0.2) is 33.8 Å². The number of aliphatic hydroxyl groups excluding tert-OH is 1. The van der Waals surface area contributed by atoms with Crippen molar-refractivity contribution in [1.82, 2.24) is 0 Å². The molecule has 0 aromatic heterocycles. The van der Waals surface area contributed by atoms with E-state index in [-0.39, 0.29) is 6.42 Å². The van der Waals surface area contributed by atoms with Gasteiger partial charge in [0, 0.05) is 5.75 Å². The van der Waals surface area contributed by atoms with Gasteiger partial charge in [0.15, 0.2) is 0 Å². The third-order valence-corrected chi connectivity index (χ3v) is 2.70. The van der Waals surface area contributed by atoms with Gasteiger partial charge in [0.1, 0.15) is 0 Å². The van der Waals surface area contributed by atoms with Gasteiger partial charge in [-0.1, -0.05) is 13.8 Å². The van der Waals surface area contributed by atoms with E-state index in [1.54, 1.807) is 11.8 Å². The van der Waals surface area contributed by atoms with E-state index in [0.717, 1.165) is 12.2 Å². The molecule has 0 aliphatic heterocycles. The highest BCUT2D eigenvalue weighted by Gasteiger charge is 2.08. The lowest BCUT2D eigenvalue weighted by Gasteiger charge is -2.08. The minimum absolute atomic E-state index is 0.144. The molecule has 0 spiro atoms. The highest BCUT2D eigenvalue weighted by Crippen LogP contribution is 2.11. The predicted octanol–water partition coefficient (Wildman–Crippen LogP) is 1.60. The molecular weight excluding hydrogens is 188 g/mol. The first kappa shape index (κ1) is 12.8. The number of rotatable bonds is 7. The molecule has 0 fully saturated rings. The molecule has 78 valence electrons. The van der Waals surface area contributed by atoms with Crippen LogP contribution in [0, 0.1) is 5.92 Å². The first-order chi connectivity index (χ1) is 6.02. The molecule has 13 heavy (non-hydrogen) atoms. The van der Waals surface area contributed by atoms with E-state index >= 15 is 0 Å². The molecule has 4 heteroatoms. The normalized spacial score (nSPS) is 13.2. The average molecular weight is 206 g/mol. The Balaban J connectivity index is 3.26. The van der Waals surface area contributed by atoms with Gasteiger partial charge in [-0.2, -0.15) is 11.8 Å². The van der Waals surface area contributed by atoms with Crippen molar-refractivity contribution in [3.63, 3.8) is 0 Å². The number of carbonyl (C=O) groups is 1. The summed E-state index contributed by atoms with van der Waals surface area (Å²) in [6.07, 6.45) is 0.272. The second-order valence-corrected chi connectivity index (χ2v) is 4.66. The number of carboxylic acid groups (broad SMARTS) is 1. The quantitative estimate of drug-likeness (QED) is 0.621. The molecule has 0 aromatic carbocycles. The van der Waals surface area contributed by atoms with Crippen LogP contribution in [0.2, 0.25) is 0 Å². The Bertz CT molecular complexity index is 148. The highest BCUT2D eigenvalue weighted by molar-refractivity contribution is 7.99. The maximum absolute atomic E-state index is 10.2. The van der Waals surface area contributed by atoms with E-state index in [0.29, 0.717) is 11.7 Å². The van der Waals surface area contributed by atoms with Crippen LogP contribution in [-0.2, 0) is 4.79 Å². The van der Waals surface area contributed by atoms with Crippen molar-refractivity contribution in [2.75, 3.05) is 11.5 Å². The van der Waals surface area contributed by atoms with Crippen LogP contribution in [0.15, 0.2) is 0 Å². The van der Waals surface area contributed by atoms with Crippen molar-refractivity contribution in [3.05, 3.63) is 0 Å². The number of aliphatic hydroxyl groups is 1. The van der Waals surface area contributed by atoms with Gasteiger partial charge in [-0.3, -0.25) is 4.79 Å². The summed E-state index contributed by atoms with van der Waals surface area (Å²) < 4.78 is 0. The van der Waals surface area contributed by atoms with E-state index < -0.39 is 12.1 Å². The summed E-state index contributed by atoms with van der Waals surface area (Å²) in [6, 6.07) is 0. The zero-order valence-electron chi connectivity index (χ0n) is 8.19. The highest BCUT2D eigenvalue weighted by atomic mass is 32.2. The third-order valence-electron chi connectivity index (χ3n) is 1.56. The van der Waals surface area contributed by atoms with Crippen molar-refractivity contribution in [2.24, 2.45) is 5.92 Å². The lowest BCUT2D eigenvalue weighted by Crippen LogP contribution is -2.15. The molecular formula is C9H18O3S. The van der Waals surface area contributed by atoms with E-state index in [9.17, 15) is 9.90 Å². The minimum atomic E-state index is -0.933. The van der Waals surface area contributed by atoms with Gasteiger partial charge in [-0.25, -0.2) is 0 Å². The second kappa shape index (κ2) is 7.21. The van der Waals surface area contributed by atoms with Gasteiger partial charge in [-0.05, 0) is 18.1 Å². The summed E-state index contributed by atoms with van der Waals surface area (Å²) in [7, 11) is 0. The molecule has 1 atom stereocenters. The first-order valence-electron chi connectivity index (χ1n) is 4.50. The minimum Gasteiger partial charge on any atom is -0.481 e. The number of thioether (sulfide) groups is 1. The second-order valence-electron chi connectivity index (χ2n) is 3.51. The molecule has 0 saturated carbocycles. The molecule has 1 unspecified atom stereocenters. The van der Waals surface area contributed by atoms with E-state index in [1.807, 2.05) is 0 Å². The van der Waals surface area contributed by atoms with Gasteiger partial charge >= 0.3 is 5.97 Å². The number of carboxylic acids is 1. The molecule has 0 aliphatic carbocycles. The fourth-order valence-electron chi connectivity index (χ4n) is 0.799. The van der Waals surface area contributed by atoms with E-state index in [2.05, 4.69) is 13.8 Å². The molecule has 0 rings (SSSR count). The SMILES string of the molecule is CC(C)CCSCC(O)CC(=O)O. The molecule has 0 aromatic rings. The lowest BCUT2D eigenvalue weighted by atomic mass is 10.2. The van der Waals surface area contributed by atoms with Crippen molar-refractivity contribution in [2.45, 2.75) is 32.8 Å². The third kappa shape index (κ3) is 9.70. The van der Waals surface area contributed by atoms with E-state index in [1.165, 1.54) is 0 Å². The van der Waals surface area contributed by atoms with Gasteiger partial charge in [0.05, 0.1) is 12.5 Å². The summed E-state index contributed by atoms with van der Waals surface area (Å²) in [5.74, 6) is 1.26. The molecule has 0 radical (unpaired) electrons. The largest absolute Gasteiger partial charge is 0.481 e. The van der Waals surface area contributed by atoms with Crippen LogP contribution in [0.5, 0.6) is 0 Å². The summed E-state index contributed by atoms with van der Waals surface area (Å²) in [5, 5.41) is 17.5. The fourth-order valence-corrected chi connectivity index (χ4v) is 1.99. The van der Waals surface area contributed by atoms with Crippen molar-refractivity contribution < 1.29 is 15.0 Å². The van der Waals surface area contributed by atoms with Gasteiger partial charge < -0.3 is 10.2 Å². The van der Waals surface area contributed by atoms with Gasteiger partial charge in [0.2, 0.25) is 0 Å². The van der Waals surface area contributed by atoms with Crippen LogP contribution in [0.25, 0.3) is 0 Å². The van der Waals surface area contributed by atoms with Crippen LogP contribution in [0.3, 0.4) is 0 Å². The summed E-state index contributed by atoms with van der Waals surface area (Å²) in [6.45, 7) is 4.29. The molecule has 0 amide bonds. The fraction of sp³-hybridized carbons (Fsp3) is 0.889. The summed E-state index contributed by atoms with van der Waals surface area (Å²) in [4.78, 5) is 10.2. The van der Waals surface area contributed by atoms with Gasteiger partial charge in [-0.15, -0.1) is 0 Å². The number of aliphatic carboxylic acids is 1. The Labute approximate surface area is 83.5 Å². The summed E-state index contributed by atoms with van der Waals surface area (Å²) >= 11 is 1.62. The zero-order valence-corrected chi connectivity index (χ0v) is 9.01. The Kier molecular flexibility index (Phi) is 7.09. The Morgan fingerprint density at radius 2 is 2.08 bits per heavy atom. The average Bonchev–Trinajstić information content (AvgIpc) is 1.96. The molecule has 0 bridgehead atoms. The van der Waals surface area contributed by atoms with Crippen molar-refractivity contribution in [3.8, 4) is 0 Å². The summed E-state index contributed by atoms with van der Waals surface area (Å²) in [5.41, 5.74) is 0. The maximum Gasteiger partial charge on any atom is 0.306 e. The molecule has 3 nitrogen and oxygen atoms in total. The molecule has 2 N–H and O–H groups in total. The predicted molar refractivity (Wildman–Crippen MR) is 55.0 cm³/mol. The standard InChI is InChI=1S/C9H18O3S/c1-7(2)3-4-13-6-8(10)5-9(11)12/h7-8,10H,3-6H2,1-2H3,(H,11,12). The van der Waals surface area contributed by atoms with Crippen LogP contribution in [0.4, 0.5) is 0 Å². The van der Waals surface area contributed by atoms with Crippen molar-refractivity contribution >= 4 is 17.7 Å². The Morgan fingerprint density at radius 1 is 1.46 bits per heavy atom. The molecule has 0 heterocycles. The van der Waals surface area contributed by atoms with Crippen LogP contribution < -0.4 is 0 Å². The van der Waals surface area contributed by atoms with Gasteiger partial charge in [0.25, 0.3) is 0 Å².